The summed E-state index contributed by atoms with van der Waals surface area (Å²) in [5.74, 6) is -2.05. The van der Waals surface area contributed by atoms with Gasteiger partial charge in [-0.25, -0.2) is 8.42 Å². The Morgan fingerprint density at radius 1 is 1.05 bits per heavy atom. The van der Waals surface area contributed by atoms with Crippen molar-refractivity contribution in [2.75, 3.05) is 42.8 Å². The lowest BCUT2D eigenvalue weighted by Gasteiger charge is -2.30. The number of methoxy groups -OCH3 is 2. The van der Waals surface area contributed by atoms with Crippen molar-refractivity contribution in [2.24, 2.45) is 0 Å². The molecule has 2 heterocycles. The van der Waals surface area contributed by atoms with Crippen molar-refractivity contribution in [3.63, 3.8) is 0 Å². The van der Waals surface area contributed by atoms with Crippen molar-refractivity contribution in [3.05, 3.63) is 89.7 Å². The number of hydrogen-bond donors (Lipinski definition) is 2. The van der Waals surface area contributed by atoms with Gasteiger partial charge in [-0.1, -0.05) is 48.5 Å². The number of carbonyl (C=O) groups is 3. The molecule has 1 saturated heterocycles. The molecule has 0 spiro atoms. The smallest absolute Gasteiger partial charge is 0.279 e. The van der Waals surface area contributed by atoms with Crippen LogP contribution in [-0.2, 0) is 35.6 Å². The second-order valence-electron chi connectivity index (χ2n) is 10.0. The van der Waals surface area contributed by atoms with Gasteiger partial charge in [0, 0.05) is 26.4 Å². The highest BCUT2D eigenvalue weighted by molar-refractivity contribution is 7.92. The molecule has 12 nitrogen and oxygen atoms in total. The number of para-hydroxylation sites is 2. The highest BCUT2D eigenvalue weighted by Crippen LogP contribution is 2.34. The number of sulfonamides is 1. The summed E-state index contributed by atoms with van der Waals surface area (Å²) in [5.41, 5.74) is 1.66. The van der Waals surface area contributed by atoms with E-state index in [4.69, 9.17) is 21.1 Å². The Bertz CT molecular complexity index is 1770. The maximum Gasteiger partial charge on any atom is 0.279 e. The molecule has 44 heavy (non-hydrogen) atoms. The molecular weight excluding hydrogens is 610 g/mol. The fraction of sp³-hybridized carbons (Fsp3) is 0.233. The standard InChI is InChI=1S/C30H30ClN5O7S/c1-18-34(2)30(43-4)29(39)36(18)26(28(38)35-16-15-19-9-5-8-12-24(19)35)27(37)32-23-17-20(13-14-25(23)42-3)44(40,41)33-22-11-7-6-10-21(22)31/h5-14,17,26,30,33H,1,15-16H2,2-4H3,(H,32,37). The molecule has 14 heteroatoms. The van der Waals surface area contributed by atoms with E-state index in [0.29, 0.717) is 18.7 Å². The molecule has 0 saturated carbocycles. The minimum Gasteiger partial charge on any atom is -0.495 e. The summed E-state index contributed by atoms with van der Waals surface area (Å²) in [4.78, 5) is 45.3. The van der Waals surface area contributed by atoms with E-state index in [1.54, 1.807) is 31.3 Å². The lowest BCUT2D eigenvalue weighted by atomic mass is 10.1. The molecule has 2 N–H and O–H groups in total. The average molecular weight is 640 g/mol. The second-order valence-corrected chi connectivity index (χ2v) is 12.1. The highest BCUT2D eigenvalue weighted by atomic mass is 35.5. The Kier molecular flexibility index (Phi) is 8.55. The van der Waals surface area contributed by atoms with Crippen molar-refractivity contribution in [1.29, 1.82) is 0 Å². The SMILES string of the molecule is C=C1N(C)C(OC)C(=O)N1C(C(=O)Nc1cc(S(=O)(=O)Nc2ccccc2Cl)ccc1OC)C(=O)N1CCc2ccccc21. The van der Waals surface area contributed by atoms with Crippen LogP contribution in [0.5, 0.6) is 5.75 Å². The summed E-state index contributed by atoms with van der Waals surface area (Å²) in [6, 6.07) is 15.7. The largest absolute Gasteiger partial charge is 0.495 e. The molecule has 2 aliphatic rings. The molecule has 5 rings (SSSR count). The van der Waals surface area contributed by atoms with E-state index in [-0.39, 0.29) is 32.9 Å². The molecule has 3 aromatic rings. The monoisotopic (exact) mass is 639 g/mol. The minimum atomic E-state index is -4.17. The maximum atomic E-state index is 14.2. The molecule has 2 atom stereocenters. The number of likely N-dealkylation sites (N-methyl/N-ethyl adjacent to an activating group) is 1. The topological polar surface area (TPSA) is 138 Å². The van der Waals surface area contributed by atoms with E-state index in [0.717, 1.165) is 10.5 Å². The van der Waals surface area contributed by atoms with Gasteiger partial charge in [-0.05, 0) is 48.4 Å². The number of carbonyl (C=O) groups excluding carboxylic acids is 3. The van der Waals surface area contributed by atoms with Crippen LogP contribution >= 0.6 is 11.6 Å². The zero-order valence-electron chi connectivity index (χ0n) is 24.1. The number of rotatable bonds is 9. The number of benzene rings is 3. The first-order chi connectivity index (χ1) is 21.0. The predicted octanol–water partition coefficient (Wildman–Crippen LogP) is 3.26. The predicted molar refractivity (Wildman–Crippen MR) is 165 cm³/mol. The van der Waals surface area contributed by atoms with Crippen LogP contribution in [0.4, 0.5) is 17.1 Å². The van der Waals surface area contributed by atoms with Crippen LogP contribution in [0, 0.1) is 0 Å². The average Bonchev–Trinajstić information content (AvgIpc) is 3.52. The lowest BCUT2D eigenvalue weighted by Crippen LogP contribution is -2.55. The third-order valence-electron chi connectivity index (χ3n) is 7.46. The molecule has 3 amide bonds. The zero-order chi connectivity index (χ0) is 31.8. The van der Waals surface area contributed by atoms with Crippen molar-refractivity contribution >= 4 is 56.4 Å². The number of anilines is 3. The number of amides is 3. The Hall–Kier alpha value is -4.59. The number of hydrogen-bond acceptors (Lipinski definition) is 8. The van der Waals surface area contributed by atoms with Gasteiger partial charge in [0.05, 0.1) is 28.4 Å². The molecular formula is C30H30ClN5O7S. The van der Waals surface area contributed by atoms with Crippen LogP contribution in [0.1, 0.15) is 5.56 Å². The van der Waals surface area contributed by atoms with Crippen molar-refractivity contribution < 1.29 is 32.3 Å². The van der Waals surface area contributed by atoms with Crippen LogP contribution in [0.25, 0.3) is 0 Å². The summed E-state index contributed by atoms with van der Waals surface area (Å²) < 4.78 is 39.6. The minimum absolute atomic E-state index is 0.0481. The first-order valence-electron chi connectivity index (χ1n) is 13.4. The lowest BCUT2D eigenvalue weighted by molar-refractivity contribution is -0.146. The summed E-state index contributed by atoms with van der Waals surface area (Å²) in [5, 5.41) is 2.81. The maximum absolute atomic E-state index is 14.2. The van der Waals surface area contributed by atoms with Crippen molar-refractivity contribution in [3.8, 4) is 5.75 Å². The van der Waals surface area contributed by atoms with Crippen molar-refractivity contribution in [1.82, 2.24) is 9.80 Å². The summed E-state index contributed by atoms with van der Waals surface area (Å²) >= 11 is 6.14. The fourth-order valence-corrected chi connectivity index (χ4v) is 6.55. The molecule has 0 bridgehead atoms. The van der Waals surface area contributed by atoms with Gasteiger partial charge in [0.2, 0.25) is 6.23 Å². The second kappa shape index (κ2) is 12.2. The van der Waals surface area contributed by atoms with Crippen LogP contribution in [0.3, 0.4) is 0 Å². The third kappa shape index (κ3) is 5.56. The van der Waals surface area contributed by atoms with E-state index in [1.165, 1.54) is 54.4 Å². The molecule has 3 aromatic carbocycles. The first-order valence-corrected chi connectivity index (χ1v) is 15.3. The quantitative estimate of drug-likeness (QED) is 0.341. The molecule has 1 fully saturated rings. The molecule has 0 aliphatic carbocycles. The molecule has 2 aliphatic heterocycles. The van der Waals surface area contributed by atoms with Crippen LogP contribution in [0.2, 0.25) is 5.02 Å². The van der Waals surface area contributed by atoms with Gasteiger partial charge in [0.25, 0.3) is 27.7 Å². The van der Waals surface area contributed by atoms with Gasteiger partial charge in [-0.15, -0.1) is 0 Å². The van der Waals surface area contributed by atoms with Gasteiger partial charge < -0.3 is 24.6 Å². The number of ether oxygens (including phenoxy) is 2. The van der Waals surface area contributed by atoms with E-state index in [9.17, 15) is 22.8 Å². The number of fused-ring (bicyclic) bond motifs is 1. The summed E-state index contributed by atoms with van der Waals surface area (Å²) in [6.45, 7) is 4.23. The summed E-state index contributed by atoms with van der Waals surface area (Å²) in [6.07, 6.45) is -0.534. The Balaban J connectivity index is 1.52. The number of halogens is 1. The molecule has 2 unspecified atom stereocenters. The number of nitrogens with one attached hydrogen (secondary N) is 2. The van der Waals surface area contributed by atoms with E-state index in [1.807, 2.05) is 12.1 Å². The Labute approximate surface area is 259 Å². The van der Waals surface area contributed by atoms with E-state index < -0.39 is 40.0 Å². The fourth-order valence-electron chi connectivity index (χ4n) is 5.21. The number of nitrogens with zero attached hydrogens (tertiary/aromatic N) is 3. The zero-order valence-corrected chi connectivity index (χ0v) is 25.7. The van der Waals surface area contributed by atoms with Gasteiger partial charge in [-0.3, -0.25) is 24.0 Å². The van der Waals surface area contributed by atoms with E-state index in [2.05, 4.69) is 16.6 Å². The highest BCUT2D eigenvalue weighted by Gasteiger charge is 2.50. The normalized spacial score (nSPS) is 17.0. The van der Waals surface area contributed by atoms with Crippen LogP contribution in [0.15, 0.2) is 84.0 Å². The van der Waals surface area contributed by atoms with Gasteiger partial charge in [-0.2, -0.15) is 0 Å². The Morgan fingerprint density at radius 2 is 1.75 bits per heavy atom. The summed E-state index contributed by atoms with van der Waals surface area (Å²) in [7, 11) is 0.0587. The van der Waals surface area contributed by atoms with E-state index >= 15 is 0 Å². The third-order valence-corrected chi connectivity index (χ3v) is 9.15. The Morgan fingerprint density at radius 3 is 2.43 bits per heavy atom. The van der Waals surface area contributed by atoms with Gasteiger partial charge in [0.15, 0.2) is 6.04 Å². The molecule has 230 valence electrons. The van der Waals surface area contributed by atoms with Crippen LogP contribution < -0.4 is 19.7 Å². The molecule has 0 aromatic heterocycles. The van der Waals surface area contributed by atoms with Gasteiger partial charge >= 0.3 is 0 Å². The molecule has 0 radical (unpaired) electrons. The van der Waals surface area contributed by atoms with Crippen molar-refractivity contribution in [2.45, 2.75) is 23.6 Å². The van der Waals surface area contributed by atoms with Crippen LogP contribution in [-0.4, -0.2) is 76.0 Å². The van der Waals surface area contributed by atoms with Gasteiger partial charge in [0.1, 0.15) is 11.6 Å². The first kappa shape index (κ1) is 30.9.